The van der Waals surface area contributed by atoms with Gasteiger partial charge in [-0.2, -0.15) is 26.3 Å². The highest BCUT2D eigenvalue weighted by atomic mass is 32.1. The maximum Gasteiger partial charge on any atom is 0.490 e. The summed E-state index contributed by atoms with van der Waals surface area (Å²) in [5.41, 5.74) is 1.99. The number of alkyl halides is 6. The van der Waals surface area contributed by atoms with Crippen molar-refractivity contribution in [2.24, 2.45) is 0 Å². The number of fused-ring (bicyclic) bond motifs is 1. The quantitative estimate of drug-likeness (QED) is 0.503. The van der Waals surface area contributed by atoms with Crippen LogP contribution in [-0.2, 0) is 32.2 Å². The number of aliphatic carboxylic acids is 2. The molecule has 0 saturated carbocycles. The van der Waals surface area contributed by atoms with Crippen molar-refractivity contribution < 1.29 is 60.1 Å². The van der Waals surface area contributed by atoms with Gasteiger partial charge in [-0.15, -0.1) is 11.3 Å². The van der Waals surface area contributed by atoms with E-state index in [2.05, 4.69) is 20.4 Å². The second kappa shape index (κ2) is 13.3. The number of halogens is 6. The molecule has 2 aliphatic heterocycles. The van der Waals surface area contributed by atoms with E-state index in [1.54, 1.807) is 11.3 Å². The van der Waals surface area contributed by atoms with Crippen LogP contribution in [0.1, 0.15) is 35.0 Å². The number of carboxylic acids is 2. The van der Waals surface area contributed by atoms with Gasteiger partial charge in [0.25, 0.3) is 0 Å². The molecule has 0 aliphatic carbocycles. The maximum atomic E-state index is 10.6. The van der Waals surface area contributed by atoms with Gasteiger partial charge in [-0.1, -0.05) is 5.16 Å². The normalized spacial score (nSPS) is 21.5. The molecule has 2 saturated heterocycles. The molecule has 2 fully saturated rings. The van der Waals surface area contributed by atoms with Gasteiger partial charge in [0.05, 0.1) is 29.1 Å². The number of carbonyl (C=O) groups is 2. The second-order valence-corrected chi connectivity index (χ2v) is 9.28. The second-order valence-electron chi connectivity index (χ2n) is 8.22. The molecule has 0 aromatic carbocycles. The van der Waals surface area contributed by atoms with Gasteiger partial charge in [0.1, 0.15) is 11.9 Å². The van der Waals surface area contributed by atoms with Crippen LogP contribution >= 0.6 is 11.3 Å². The molecule has 0 spiro atoms. The Morgan fingerprint density at radius 1 is 1.13 bits per heavy atom. The standard InChI is InChI=1S/C17H23N3O3S.2C2HF3O2/c1-11-6-13(19-23-11)7-20-8-16(17-15(20)4-3-5-21-17)22-9-14-10-24-12(2)18-14;2*3-2(4,5)1(6)7/h6,10,15-17H,3-5,7-9H2,1-2H3;2*(H,6,7)/t15-,16-,17+;;/m1../s1. The van der Waals surface area contributed by atoms with Crippen LogP contribution in [0, 0.1) is 13.8 Å². The molecular weight excluding hydrogens is 552 g/mol. The van der Waals surface area contributed by atoms with Gasteiger partial charge in [-0.05, 0) is 26.7 Å². The molecule has 10 nitrogen and oxygen atoms in total. The highest BCUT2D eigenvalue weighted by Gasteiger charge is 2.45. The summed E-state index contributed by atoms with van der Waals surface area (Å²) in [4.78, 5) is 24.7. The van der Waals surface area contributed by atoms with E-state index < -0.39 is 24.3 Å². The molecule has 0 radical (unpaired) electrons. The van der Waals surface area contributed by atoms with Gasteiger partial charge in [-0.25, -0.2) is 14.6 Å². The molecule has 214 valence electrons. The number of nitrogens with zero attached hydrogens (tertiary/aromatic N) is 3. The minimum atomic E-state index is -5.08. The van der Waals surface area contributed by atoms with Crippen molar-refractivity contribution in [1.29, 1.82) is 0 Å². The summed E-state index contributed by atoms with van der Waals surface area (Å²) in [6.07, 6.45) is -7.68. The number of likely N-dealkylation sites (tertiary alicyclic amines) is 1. The van der Waals surface area contributed by atoms with Gasteiger partial charge in [0.2, 0.25) is 0 Å². The van der Waals surface area contributed by atoms with Crippen LogP contribution in [0.25, 0.3) is 0 Å². The summed E-state index contributed by atoms with van der Waals surface area (Å²) in [5, 5.41) is 21.5. The lowest BCUT2D eigenvalue weighted by Crippen LogP contribution is -2.41. The van der Waals surface area contributed by atoms with E-state index in [0.717, 1.165) is 54.7 Å². The average molecular weight is 578 g/mol. The number of hydrogen-bond acceptors (Lipinski definition) is 9. The summed E-state index contributed by atoms with van der Waals surface area (Å²) in [5.74, 6) is -4.66. The molecule has 4 heterocycles. The predicted octanol–water partition coefficient (Wildman–Crippen LogP) is 3.96. The van der Waals surface area contributed by atoms with E-state index in [1.807, 2.05) is 19.9 Å². The summed E-state index contributed by atoms with van der Waals surface area (Å²) < 4.78 is 80.9. The number of ether oxygens (including phenoxy) is 2. The first-order valence-electron chi connectivity index (χ1n) is 11.0. The summed E-state index contributed by atoms with van der Waals surface area (Å²) in [6, 6.07) is 2.41. The minimum Gasteiger partial charge on any atom is -0.475 e. The Morgan fingerprint density at radius 2 is 1.74 bits per heavy atom. The van der Waals surface area contributed by atoms with Crippen LogP contribution < -0.4 is 0 Å². The molecular formula is C21H25F6N3O7S. The van der Waals surface area contributed by atoms with Gasteiger partial charge in [-0.3, -0.25) is 4.90 Å². The van der Waals surface area contributed by atoms with Gasteiger partial charge < -0.3 is 24.2 Å². The van der Waals surface area contributed by atoms with Crippen LogP contribution in [0.4, 0.5) is 26.3 Å². The fourth-order valence-corrected chi connectivity index (χ4v) is 4.30. The molecule has 2 N–H and O–H groups in total. The Labute approximate surface area is 216 Å². The van der Waals surface area contributed by atoms with Gasteiger partial charge in [0, 0.05) is 37.2 Å². The lowest BCUT2D eigenvalue weighted by Gasteiger charge is -2.31. The fourth-order valence-electron chi connectivity index (χ4n) is 3.70. The Kier molecular flexibility index (Phi) is 11.0. The van der Waals surface area contributed by atoms with Crippen LogP contribution in [0.5, 0.6) is 0 Å². The topological polar surface area (TPSA) is 135 Å². The third-order valence-electron chi connectivity index (χ3n) is 5.22. The molecule has 17 heteroatoms. The Hall–Kier alpha value is -2.76. The van der Waals surface area contributed by atoms with E-state index in [-0.39, 0.29) is 12.2 Å². The Morgan fingerprint density at radius 3 is 2.21 bits per heavy atom. The number of hydrogen-bond donors (Lipinski definition) is 2. The number of aryl methyl sites for hydroxylation is 2. The average Bonchev–Trinajstić information content (AvgIpc) is 3.51. The number of aromatic nitrogens is 2. The van der Waals surface area contributed by atoms with Crippen molar-refractivity contribution in [3.63, 3.8) is 0 Å². The smallest absolute Gasteiger partial charge is 0.475 e. The van der Waals surface area contributed by atoms with Crippen molar-refractivity contribution >= 4 is 23.3 Å². The molecule has 2 aromatic rings. The first-order valence-corrected chi connectivity index (χ1v) is 11.9. The molecule has 0 unspecified atom stereocenters. The largest absolute Gasteiger partial charge is 0.490 e. The van der Waals surface area contributed by atoms with E-state index in [4.69, 9.17) is 33.8 Å². The van der Waals surface area contributed by atoms with Crippen molar-refractivity contribution in [3.8, 4) is 0 Å². The number of rotatable bonds is 5. The zero-order chi connectivity index (χ0) is 28.7. The molecule has 0 bridgehead atoms. The highest BCUT2D eigenvalue weighted by molar-refractivity contribution is 7.09. The molecule has 0 amide bonds. The van der Waals surface area contributed by atoms with Crippen LogP contribution in [0.2, 0.25) is 0 Å². The van der Waals surface area contributed by atoms with E-state index in [1.165, 1.54) is 0 Å². The number of carboxylic acid groups (broad SMARTS) is 2. The van der Waals surface area contributed by atoms with Crippen LogP contribution in [0.3, 0.4) is 0 Å². The maximum absolute atomic E-state index is 10.6. The molecule has 2 aromatic heterocycles. The minimum absolute atomic E-state index is 0.0882. The van der Waals surface area contributed by atoms with E-state index in [9.17, 15) is 26.3 Å². The van der Waals surface area contributed by atoms with E-state index >= 15 is 0 Å². The lowest BCUT2D eigenvalue weighted by molar-refractivity contribution is -0.193. The third-order valence-corrected chi connectivity index (χ3v) is 6.04. The predicted molar refractivity (Wildman–Crippen MR) is 117 cm³/mol. The lowest BCUT2D eigenvalue weighted by atomic mass is 10.0. The van der Waals surface area contributed by atoms with Crippen LogP contribution in [-0.4, -0.2) is 80.9 Å². The zero-order valence-electron chi connectivity index (χ0n) is 20.1. The summed E-state index contributed by atoms with van der Waals surface area (Å²) in [6.45, 7) is 6.98. The SMILES string of the molecule is Cc1cc(CN2C[C@@H](OCc3csc(C)n3)[C@H]3OCCC[C@H]32)no1.O=C(O)C(F)(F)F.O=C(O)C(F)(F)F. The summed E-state index contributed by atoms with van der Waals surface area (Å²) in [7, 11) is 0. The van der Waals surface area contributed by atoms with Crippen molar-refractivity contribution in [3.05, 3.63) is 33.6 Å². The van der Waals surface area contributed by atoms with E-state index in [0.29, 0.717) is 12.6 Å². The molecule has 2 aliphatic rings. The monoisotopic (exact) mass is 577 g/mol. The Balaban J connectivity index is 0.000000301. The zero-order valence-corrected chi connectivity index (χ0v) is 20.9. The van der Waals surface area contributed by atoms with Crippen molar-refractivity contribution in [2.75, 3.05) is 13.2 Å². The van der Waals surface area contributed by atoms with Crippen molar-refractivity contribution in [1.82, 2.24) is 15.0 Å². The summed E-state index contributed by atoms with van der Waals surface area (Å²) >= 11 is 1.66. The highest BCUT2D eigenvalue weighted by Crippen LogP contribution is 2.32. The third kappa shape index (κ3) is 9.85. The first kappa shape index (κ1) is 31.5. The van der Waals surface area contributed by atoms with Crippen LogP contribution in [0.15, 0.2) is 16.0 Å². The Bertz CT molecular complexity index is 1030. The fraction of sp³-hybridized carbons (Fsp3) is 0.619. The van der Waals surface area contributed by atoms with Gasteiger partial charge in [0.15, 0.2) is 0 Å². The molecule has 4 rings (SSSR count). The number of thiazole rings is 1. The van der Waals surface area contributed by atoms with Gasteiger partial charge >= 0.3 is 24.3 Å². The van der Waals surface area contributed by atoms with Crippen molar-refractivity contribution in [2.45, 2.75) is 70.4 Å². The first-order chi connectivity index (χ1) is 17.6. The molecule has 38 heavy (non-hydrogen) atoms. The molecule has 3 atom stereocenters.